The zero-order valence-corrected chi connectivity index (χ0v) is 33.2. The van der Waals surface area contributed by atoms with E-state index in [0.717, 1.165) is 66.3 Å². The fourth-order valence-corrected chi connectivity index (χ4v) is 7.64. The van der Waals surface area contributed by atoms with Crippen molar-refractivity contribution in [2.45, 2.75) is 19.6 Å². The SMILES string of the molecule is C[Si](C)(C)c1ccc(-c2ccc(-c3[c-]ccc4c3oc3c5cc(F)ccc5ccc43)nc2)cc1.Fc1c[c-]c(-c2ccc(-c3ccccc3)cn2)cc1.[Ir]. The van der Waals surface area contributed by atoms with E-state index < -0.39 is 8.07 Å². The number of nitrogens with zero attached hydrogens (tertiary/aromatic N) is 2. The minimum absolute atomic E-state index is 0. The summed E-state index contributed by atoms with van der Waals surface area (Å²) in [6.07, 6.45) is 3.72. The molecule has 267 valence electrons. The predicted molar refractivity (Wildman–Crippen MR) is 216 cm³/mol. The molecule has 0 fully saturated rings. The van der Waals surface area contributed by atoms with Gasteiger partial charge in [0.25, 0.3) is 0 Å². The molecule has 3 heterocycles. The maximum atomic E-state index is 14.0. The Hall–Kier alpha value is -5.59. The predicted octanol–water partition coefficient (Wildman–Crippen LogP) is 12.3. The Morgan fingerprint density at radius 2 is 1.19 bits per heavy atom. The summed E-state index contributed by atoms with van der Waals surface area (Å²) < 4.78 is 33.1. The Morgan fingerprint density at radius 3 is 1.83 bits per heavy atom. The molecule has 0 amide bonds. The molecule has 0 aliphatic heterocycles. The second-order valence-electron chi connectivity index (χ2n) is 14.0. The van der Waals surface area contributed by atoms with E-state index >= 15 is 0 Å². The number of fused-ring (bicyclic) bond motifs is 5. The topological polar surface area (TPSA) is 38.9 Å². The molecule has 0 saturated heterocycles. The number of pyridine rings is 2. The molecule has 3 nitrogen and oxygen atoms in total. The van der Waals surface area contributed by atoms with Crippen molar-refractivity contribution in [2.24, 2.45) is 0 Å². The molecule has 1 radical (unpaired) electrons. The van der Waals surface area contributed by atoms with E-state index in [2.05, 4.69) is 67.1 Å². The third-order valence-corrected chi connectivity index (χ3v) is 11.5. The van der Waals surface area contributed by atoms with Gasteiger partial charge in [-0.2, -0.15) is 0 Å². The first-order valence-corrected chi connectivity index (χ1v) is 20.9. The first-order valence-electron chi connectivity index (χ1n) is 17.4. The van der Waals surface area contributed by atoms with Gasteiger partial charge < -0.3 is 14.4 Å². The van der Waals surface area contributed by atoms with Crippen molar-refractivity contribution in [3.63, 3.8) is 0 Å². The van der Waals surface area contributed by atoms with E-state index in [-0.39, 0.29) is 31.7 Å². The average Bonchev–Trinajstić information content (AvgIpc) is 3.58. The Kier molecular flexibility index (Phi) is 10.5. The van der Waals surface area contributed by atoms with Gasteiger partial charge in [-0.15, -0.1) is 48.0 Å². The molecule has 3 aromatic heterocycles. The maximum Gasteiger partial charge on any atom is 0.128 e. The van der Waals surface area contributed by atoms with Gasteiger partial charge in [-0.1, -0.05) is 133 Å². The van der Waals surface area contributed by atoms with Crippen molar-refractivity contribution < 1.29 is 33.3 Å². The number of rotatable bonds is 5. The summed E-state index contributed by atoms with van der Waals surface area (Å²) in [5.41, 5.74) is 9.00. The van der Waals surface area contributed by atoms with E-state index in [4.69, 9.17) is 9.40 Å². The molecule has 0 atom stereocenters. The Balaban J connectivity index is 0.000000191. The summed E-state index contributed by atoms with van der Waals surface area (Å²) in [5.74, 6) is -0.563. The average molecular weight is 901 g/mol. The Morgan fingerprint density at radius 1 is 0.556 bits per heavy atom. The van der Waals surface area contributed by atoms with Crippen LogP contribution in [0.3, 0.4) is 0 Å². The molecular formula is C47H34F2IrN2OSi-2. The second-order valence-corrected chi connectivity index (χ2v) is 19.1. The van der Waals surface area contributed by atoms with E-state index in [9.17, 15) is 8.78 Å². The number of furan rings is 1. The molecule has 0 spiro atoms. The third kappa shape index (κ3) is 7.57. The van der Waals surface area contributed by atoms with Crippen LogP contribution in [0.5, 0.6) is 0 Å². The summed E-state index contributed by atoms with van der Waals surface area (Å²) in [6.45, 7) is 7.06. The second kappa shape index (κ2) is 15.4. The van der Waals surface area contributed by atoms with Crippen molar-refractivity contribution >= 4 is 46.0 Å². The van der Waals surface area contributed by atoms with Crippen LogP contribution >= 0.6 is 0 Å². The summed E-state index contributed by atoms with van der Waals surface area (Å²) in [6, 6.07) is 50.2. The first-order chi connectivity index (χ1) is 25.7. The van der Waals surface area contributed by atoms with Crippen LogP contribution in [0.15, 0.2) is 156 Å². The Labute approximate surface area is 327 Å². The van der Waals surface area contributed by atoms with Gasteiger partial charge in [0.1, 0.15) is 11.4 Å². The van der Waals surface area contributed by atoms with Crippen LogP contribution in [0.2, 0.25) is 19.6 Å². The van der Waals surface area contributed by atoms with Crippen molar-refractivity contribution in [1.82, 2.24) is 9.97 Å². The van der Waals surface area contributed by atoms with Crippen molar-refractivity contribution in [1.29, 1.82) is 0 Å². The van der Waals surface area contributed by atoms with Crippen molar-refractivity contribution in [3.8, 4) is 44.8 Å². The van der Waals surface area contributed by atoms with E-state index in [1.807, 2.05) is 85.2 Å². The number of hydrogen-bond donors (Lipinski definition) is 0. The summed E-state index contributed by atoms with van der Waals surface area (Å²) >= 11 is 0. The molecule has 0 saturated carbocycles. The molecule has 0 unspecified atom stereocenters. The minimum Gasteiger partial charge on any atom is -0.500 e. The molecule has 6 aromatic carbocycles. The van der Waals surface area contributed by atoms with Crippen LogP contribution in [0, 0.1) is 23.8 Å². The van der Waals surface area contributed by atoms with Crippen LogP contribution in [-0.4, -0.2) is 18.0 Å². The third-order valence-electron chi connectivity index (χ3n) is 9.40. The number of halogens is 2. The van der Waals surface area contributed by atoms with Crippen LogP contribution in [0.1, 0.15) is 0 Å². The largest absolute Gasteiger partial charge is 0.500 e. The van der Waals surface area contributed by atoms with Gasteiger partial charge in [-0.3, -0.25) is 4.39 Å². The van der Waals surface area contributed by atoms with Gasteiger partial charge in [0.15, 0.2) is 0 Å². The molecule has 9 rings (SSSR count). The molecule has 54 heavy (non-hydrogen) atoms. The van der Waals surface area contributed by atoms with Crippen LogP contribution in [0.25, 0.3) is 77.5 Å². The summed E-state index contributed by atoms with van der Waals surface area (Å²) in [5, 5.41) is 5.09. The molecule has 0 aliphatic carbocycles. The van der Waals surface area contributed by atoms with Gasteiger partial charge in [0, 0.05) is 49.1 Å². The molecule has 0 aliphatic rings. The maximum absolute atomic E-state index is 14.0. The number of hydrogen-bond acceptors (Lipinski definition) is 3. The van der Waals surface area contributed by atoms with Crippen LogP contribution in [0.4, 0.5) is 8.78 Å². The van der Waals surface area contributed by atoms with Crippen molar-refractivity contribution in [3.05, 3.63) is 176 Å². The zero-order chi connectivity index (χ0) is 36.5. The van der Waals surface area contributed by atoms with E-state index in [0.29, 0.717) is 11.2 Å². The smallest absolute Gasteiger partial charge is 0.128 e. The molecule has 7 heteroatoms. The fourth-order valence-electron chi connectivity index (χ4n) is 6.48. The standard InChI is InChI=1S/C30H23FNOSi.C17H11FN.Ir/c1-34(2,3)23-13-8-19(9-14-23)21-11-16-28(32-18-21)26-6-4-5-24-25-15-10-20-7-12-22(31)17-27(20)30(25)33-29(24)26;18-16-9-6-14(7-10-16)17-11-8-15(12-19-17)13-4-2-1-3-5-13;/h4-5,7-18H,1-3H3;1-6,8-12H;/q2*-1;. The van der Waals surface area contributed by atoms with E-state index in [1.165, 1.54) is 29.5 Å². The normalized spacial score (nSPS) is 11.3. The van der Waals surface area contributed by atoms with Gasteiger partial charge in [-0.05, 0) is 51.2 Å². The summed E-state index contributed by atoms with van der Waals surface area (Å²) in [4.78, 5) is 9.15. The van der Waals surface area contributed by atoms with Crippen LogP contribution in [-0.2, 0) is 20.1 Å². The quantitative estimate of drug-likeness (QED) is 0.128. The van der Waals surface area contributed by atoms with Gasteiger partial charge in [0.2, 0.25) is 0 Å². The molecule has 9 aromatic rings. The van der Waals surface area contributed by atoms with Crippen molar-refractivity contribution in [2.75, 3.05) is 0 Å². The number of benzene rings is 6. The van der Waals surface area contributed by atoms with Gasteiger partial charge in [-0.25, -0.2) is 4.39 Å². The minimum atomic E-state index is -1.32. The summed E-state index contributed by atoms with van der Waals surface area (Å²) in [7, 11) is -1.32. The fraction of sp³-hybridized carbons (Fsp3) is 0.0638. The van der Waals surface area contributed by atoms with Gasteiger partial charge >= 0.3 is 0 Å². The zero-order valence-electron chi connectivity index (χ0n) is 29.8. The first kappa shape index (κ1) is 36.8. The van der Waals surface area contributed by atoms with Gasteiger partial charge in [0.05, 0.1) is 13.7 Å². The Bertz CT molecular complexity index is 2690. The number of aromatic nitrogens is 2. The molecule has 0 N–H and O–H groups in total. The monoisotopic (exact) mass is 901 g/mol. The molecule has 0 bridgehead atoms. The molecular weight excluding hydrogens is 867 g/mol. The van der Waals surface area contributed by atoms with Crippen LogP contribution < -0.4 is 5.19 Å². The van der Waals surface area contributed by atoms with E-state index in [1.54, 1.807) is 12.1 Å².